The van der Waals surface area contributed by atoms with Gasteiger partial charge in [0.05, 0.1) is 20.4 Å². The first-order valence-corrected chi connectivity index (χ1v) is 15.5. The van der Waals surface area contributed by atoms with Crippen LogP contribution in [0.5, 0.6) is 0 Å². The van der Waals surface area contributed by atoms with E-state index in [4.69, 9.17) is 4.98 Å². The molecule has 4 heteroatoms. The predicted octanol–water partition coefficient (Wildman–Crippen LogP) is 6.28. The summed E-state index contributed by atoms with van der Waals surface area (Å²) in [5.74, 6) is 0. The first-order valence-electron chi connectivity index (χ1n) is 13.8. The summed E-state index contributed by atoms with van der Waals surface area (Å²) < 4.78 is 2.52. The van der Waals surface area contributed by atoms with Gasteiger partial charge in [-0.2, -0.15) is 0 Å². The molecule has 0 spiro atoms. The molecule has 0 atom stereocenters. The summed E-state index contributed by atoms with van der Waals surface area (Å²) in [4.78, 5) is 5.01. The lowest BCUT2D eigenvalue weighted by atomic mass is 9.65. The Hall–Kier alpha value is -3.89. The minimum absolute atomic E-state index is 0.196. The zero-order valence-corrected chi connectivity index (χ0v) is 23.6. The van der Waals surface area contributed by atoms with Crippen LogP contribution in [0.15, 0.2) is 134 Å². The smallest absolute Gasteiger partial charge is 0.239 e. The number of imidazole rings is 1. The molecule has 4 aromatic carbocycles. The average Bonchev–Trinajstić information content (AvgIpc) is 3.45. The van der Waals surface area contributed by atoms with Crippen LogP contribution in [0, 0.1) is 0 Å². The zero-order chi connectivity index (χ0) is 26.0. The maximum absolute atomic E-state index is 5.01. The van der Waals surface area contributed by atoms with E-state index >= 15 is 0 Å². The van der Waals surface area contributed by atoms with Gasteiger partial charge in [-0.05, 0) is 22.3 Å². The van der Waals surface area contributed by atoms with Crippen molar-refractivity contribution in [2.75, 3.05) is 0 Å². The Morgan fingerprint density at radius 2 is 1.34 bits per heavy atom. The second-order valence-corrected chi connectivity index (χ2v) is 12.1. The maximum atomic E-state index is 5.01. The van der Waals surface area contributed by atoms with Crippen molar-refractivity contribution >= 4 is 34.1 Å². The van der Waals surface area contributed by atoms with Gasteiger partial charge < -0.3 is 4.57 Å². The van der Waals surface area contributed by atoms with Gasteiger partial charge in [0.15, 0.2) is 0 Å². The first kappa shape index (κ1) is 25.7. The predicted molar refractivity (Wildman–Crippen MR) is 167 cm³/mol. The summed E-state index contributed by atoms with van der Waals surface area (Å²) in [6, 6.07) is 44.9. The molecular formula is C34H35BN2Si. The van der Waals surface area contributed by atoms with E-state index in [1.165, 1.54) is 46.6 Å². The average molecular weight is 511 g/mol. The largest absolute Gasteiger partial charge is 0.332 e. The minimum atomic E-state index is -0.630. The highest BCUT2D eigenvalue weighted by atomic mass is 28.2. The zero-order valence-electron chi connectivity index (χ0n) is 22.2. The molecule has 0 saturated carbocycles. The van der Waals surface area contributed by atoms with Crippen LogP contribution in [0.25, 0.3) is 11.5 Å². The standard InChI is InChI=1S/C34H35BN2Si/c1-2-3-26-38-34(30-20-12-6-13-21-30,31-22-14-7-15-23-31)37-25-24-36-33(37)35-32(29-18-10-5-11-19-29)27-28-16-8-4-9-17-28/h4-25,27,35H,2-3,26,38H2,1H3. The molecule has 5 aromatic rings. The van der Waals surface area contributed by atoms with Crippen LogP contribution in [0.4, 0.5) is 0 Å². The number of hydrogen-bond acceptors (Lipinski definition) is 1. The fourth-order valence-corrected chi connectivity index (χ4v) is 8.37. The summed E-state index contributed by atoms with van der Waals surface area (Å²) in [7, 11) is 0.130. The fourth-order valence-electron chi connectivity index (χ4n) is 5.53. The lowest BCUT2D eigenvalue weighted by Crippen LogP contribution is -2.48. The van der Waals surface area contributed by atoms with Crippen molar-refractivity contribution in [3.63, 3.8) is 0 Å². The monoisotopic (exact) mass is 510 g/mol. The molecule has 38 heavy (non-hydrogen) atoms. The molecule has 1 heterocycles. The van der Waals surface area contributed by atoms with Crippen molar-refractivity contribution in [1.82, 2.24) is 9.55 Å². The van der Waals surface area contributed by atoms with Crippen molar-refractivity contribution in [2.45, 2.75) is 31.0 Å². The Morgan fingerprint density at radius 3 is 1.92 bits per heavy atom. The fraction of sp³-hybridized carbons (Fsp3) is 0.147. The molecule has 0 bridgehead atoms. The Bertz CT molecular complexity index is 1390. The van der Waals surface area contributed by atoms with Crippen LogP contribution in [-0.2, 0) is 5.16 Å². The number of unbranched alkanes of at least 4 members (excludes halogenated alkanes) is 1. The number of benzene rings is 4. The number of nitrogens with zero attached hydrogens (tertiary/aromatic N) is 2. The quantitative estimate of drug-likeness (QED) is 0.116. The Labute approximate surface area is 230 Å². The highest BCUT2D eigenvalue weighted by molar-refractivity contribution is 6.73. The molecule has 0 fully saturated rings. The highest BCUT2D eigenvalue weighted by Crippen LogP contribution is 2.34. The maximum Gasteiger partial charge on any atom is 0.239 e. The van der Waals surface area contributed by atoms with Crippen LogP contribution in [0.3, 0.4) is 0 Å². The molecular weight excluding hydrogens is 475 g/mol. The van der Waals surface area contributed by atoms with Gasteiger partial charge in [-0.25, -0.2) is 0 Å². The topological polar surface area (TPSA) is 17.8 Å². The van der Waals surface area contributed by atoms with E-state index < -0.39 is 9.52 Å². The van der Waals surface area contributed by atoms with Crippen molar-refractivity contribution in [3.8, 4) is 0 Å². The molecule has 0 aliphatic rings. The van der Waals surface area contributed by atoms with E-state index in [0.29, 0.717) is 0 Å². The van der Waals surface area contributed by atoms with Crippen LogP contribution in [-0.4, -0.2) is 26.4 Å². The SMILES string of the molecule is CCCC[SiH2]C(c1ccccc1)(c1ccccc1)n1ccnc1BC(=Cc1ccccc1)c1ccccc1. The number of aromatic nitrogens is 2. The van der Waals surface area contributed by atoms with Gasteiger partial charge in [-0.15, -0.1) is 0 Å². The molecule has 0 amide bonds. The van der Waals surface area contributed by atoms with E-state index in [1.807, 2.05) is 6.20 Å². The second kappa shape index (κ2) is 12.6. The third kappa shape index (κ3) is 5.66. The van der Waals surface area contributed by atoms with Crippen LogP contribution in [0.2, 0.25) is 6.04 Å². The molecule has 0 aliphatic heterocycles. The van der Waals surface area contributed by atoms with Gasteiger partial charge in [0.25, 0.3) is 0 Å². The van der Waals surface area contributed by atoms with E-state index in [0.717, 1.165) is 13.0 Å². The van der Waals surface area contributed by atoms with Crippen molar-refractivity contribution in [2.24, 2.45) is 0 Å². The molecule has 0 N–H and O–H groups in total. The van der Waals surface area contributed by atoms with Crippen LogP contribution in [0.1, 0.15) is 42.0 Å². The second-order valence-electron chi connectivity index (χ2n) is 9.89. The van der Waals surface area contributed by atoms with E-state index in [-0.39, 0.29) is 5.16 Å². The minimum Gasteiger partial charge on any atom is -0.332 e. The lowest BCUT2D eigenvalue weighted by Gasteiger charge is -2.38. The normalized spacial score (nSPS) is 12.2. The van der Waals surface area contributed by atoms with Gasteiger partial charge in [-0.1, -0.05) is 159 Å². The lowest BCUT2D eigenvalue weighted by molar-refractivity contribution is 0.603. The summed E-state index contributed by atoms with van der Waals surface area (Å²) in [6.45, 7) is 2.30. The molecule has 0 unspecified atom stereocenters. The van der Waals surface area contributed by atoms with E-state index in [1.54, 1.807) is 0 Å². The third-order valence-corrected chi connectivity index (χ3v) is 10.1. The van der Waals surface area contributed by atoms with Gasteiger partial charge in [-0.3, -0.25) is 4.98 Å². The van der Waals surface area contributed by atoms with Gasteiger partial charge in [0.2, 0.25) is 7.28 Å². The highest BCUT2D eigenvalue weighted by Gasteiger charge is 2.37. The Morgan fingerprint density at radius 1 is 0.789 bits per heavy atom. The van der Waals surface area contributed by atoms with E-state index in [9.17, 15) is 0 Å². The number of hydrogen-bond donors (Lipinski definition) is 0. The Kier molecular flexibility index (Phi) is 8.52. The first-order chi connectivity index (χ1) is 18.8. The molecule has 188 valence electrons. The number of rotatable bonds is 11. The van der Waals surface area contributed by atoms with Gasteiger partial charge in [0, 0.05) is 12.4 Å². The summed E-state index contributed by atoms with van der Waals surface area (Å²) >= 11 is 0. The van der Waals surface area contributed by atoms with E-state index in [2.05, 4.69) is 145 Å². The molecule has 5 rings (SSSR count). The van der Waals surface area contributed by atoms with Gasteiger partial charge in [0.1, 0.15) is 0 Å². The molecule has 0 aliphatic carbocycles. The van der Waals surface area contributed by atoms with Crippen molar-refractivity contribution in [1.29, 1.82) is 0 Å². The molecule has 2 nitrogen and oxygen atoms in total. The van der Waals surface area contributed by atoms with Crippen LogP contribution < -0.4 is 5.72 Å². The summed E-state index contributed by atoms with van der Waals surface area (Å²) in [6.07, 6.45) is 9.02. The molecule has 1 aromatic heterocycles. The van der Waals surface area contributed by atoms with Gasteiger partial charge >= 0.3 is 0 Å². The molecule has 0 saturated heterocycles. The third-order valence-electron chi connectivity index (χ3n) is 7.41. The van der Waals surface area contributed by atoms with Crippen molar-refractivity contribution in [3.05, 3.63) is 156 Å². The Balaban J connectivity index is 1.66. The summed E-state index contributed by atoms with van der Waals surface area (Å²) in [5, 5.41) is -0.196. The van der Waals surface area contributed by atoms with Crippen molar-refractivity contribution < 1.29 is 0 Å². The van der Waals surface area contributed by atoms with Crippen LogP contribution >= 0.6 is 0 Å². The summed E-state index contributed by atoms with van der Waals surface area (Å²) in [5.41, 5.74) is 7.54. The molecule has 0 radical (unpaired) electrons.